The molecule has 0 saturated carbocycles. The SMILES string of the molecule is CCOC(=O)c1c(Cc2ccccc2F)n(C)c(=O)n(C)c1=O. The fourth-order valence-corrected chi connectivity index (χ4v) is 2.32. The zero-order chi connectivity index (χ0) is 17.1. The van der Waals surface area contributed by atoms with Crippen molar-refractivity contribution in [2.75, 3.05) is 6.61 Å². The largest absolute Gasteiger partial charge is 0.462 e. The molecule has 23 heavy (non-hydrogen) atoms. The Morgan fingerprint density at radius 2 is 1.83 bits per heavy atom. The monoisotopic (exact) mass is 320 g/mol. The maximum absolute atomic E-state index is 13.9. The van der Waals surface area contributed by atoms with Crippen LogP contribution in [0.1, 0.15) is 28.5 Å². The van der Waals surface area contributed by atoms with Crippen LogP contribution in [-0.2, 0) is 25.3 Å². The Balaban J connectivity index is 2.71. The Morgan fingerprint density at radius 1 is 1.17 bits per heavy atom. The molecule has 2 aromatic rings. The second kappa shape index (κ2) is 6.60. The number of nitrogens with zero attached hydrogens (tertiary/aromatic N) is 2. The highest BCUT2D eigenvalue weighted by atomic mass is 19.1. The van der Waals surface area contributed by atoms with Crippen LogP contribution in [0.25, 0.3) is 0 Å². The summed E-state index contributed by atoms with van der Waals surface area (Å²) in [7, 11) is 2.71. The molecule has 0 aliphatic carbocycles. The maximum atomic E-state index is 13.9. The summed E-state index contributed by atoms with van der Waals surface area (Å²) >= 11 is 0. The van der Waals surface area contributed by atoms with Gasteiger partial charge in [-0.05, 0) is 18.6 Å². The number of rotatable bonds is 4. The van der Waals surface area contributed by atoms with E-state index in [1.54, 1.807) is 13.0 Å². The quantitative estimate of drug-likeness (QED) is 0.788. The van der Waals surface area contributed by atoms with Crippen molar-refractivity contribution in [3.05, 3.63) is 67.7 Å². The summed E-state index contributed by atoms with van der Waals surface area (Å²) in [5.41, 5.74) is -1.19. The Hall–Kier alpha value is -2.70. The summed E-state index contributed by atoms with van der Waals surface area (Å²) in [6, 6.07) is 5.99. The van der Waals surface area contributed by atoms with E-state index in [4.69, 9.17) is 4.74 Å². The molecule has 0 atom stereocenters. The first-order chi connectivity index (χ1) is 10.9. The van der Waals surface area contributed by atoms with Crippen molar-refractivity contribution >= 4 is 5.97 Å². The minimum atomic E-state index is -0.824. The number of aromatic nitrogens is 2. The fourth-order valence-electron chi connectivity index (χ4n) is 2.32. The Bertz CT molecular complexity index is 867. The highest BCUT2D eigenvalue weighted by Crippen LogP contribution is 2.14. The van der Waals surface area contributed by atoms with Gasteiger partial charge in [0.25, 0.3) is 5.56 Å². The number of esters is 1. The topological polar surface area (TPSA) is 70.3 Å². The average Bonchev–Trinajstić information content (AvgIpc) is 2.52. The standard InChI is InChI=1S/C16H17FN2O4/c1-4-23-15(21)13-12(9-10-7-5-6-8-11(10)17)18(2)16(22)19(3)14(13)20/h5-8H,4,9H2,1-3H3. The highest BCUT2D eigenvalue weighted by molar-refractivity contribution is 5.90. The second-order valence-electron chi connectivity index (χ2n) is 5.02. The Kier molecular flexibility index (Phi) is 4.78. The summed E-state index contributed by atoms with van der Waals surface area (Å²) in [4.78, 5) is 36.5. The molecule has 122 valence electrons. The first-order valence-corrected chi connectivity index (χ1v) is 7.07. The summed E-state index contributed by atoms with van der Waals surface area (Å²) in [5, 5.41) is 0. The molecule has 0 aliphatic rings. The van der Waals surface area contributed by atoms with Gasteiger partial charge in [0.2, 0.25) is 0 Å². The zero-order valence-electron chi connectivity index (χ0n) is 13.1. The third kappa shape index (κ3) is 3.08. The second-order valence-corrected chi connectivity index (χ2v) is 5.02. The van der Waals surface area contributed by atoms with E-state index in [1.807, 2.05) is 0 Å². The van der Waals surface area contributed by atoms with Gasteiger partial charge in [0.15, 0.2) is 0 Å². The van der Waals surface area contributed by atoms with Crippen molar-refractivity contribution in [1.82, 2.24) is 9.13 Å². The highest BCUT2D eigenvalue weighted by Gasteiger charge is 2.23. The van der Waals surface area contributed by atoms with Crippen LogP contribution in [0, 0.1) is 5.82 Å². The van der Waals surface area contributed by atoms with Crippen molar-refractivity contribution < 1.29 is 13.9 Å². The summed E-state index contributed by atoms with van der Waals surface area (Å²) < 4.78 is 20.8. The van der Waals surface area contributed by atoms with Crippen LogP contribution >= 0.6 is 0 Å². The van der Waals surface area contributed by atoms with Crippen LogP contribution in [0.4, 0.5) is 4.39 Å². The molecule has 0 aliphatic heterocycles. The Morgan fingerprint density at radius 3 is 2.43 bits per heavy atom. The predicted molar refractivity (Wildman–Crippen MR) is 82.1 cm³/mol. The summed E-state index contributed by atoms with van der Waals surface area (Å²) in [6.07, 6.45) is -0.0668. The predicted octanol–water partition coefficient (Wildman–Crippen LogP) is 0.991. The van der Waals surface area contributed by atoms with E-state index in [-0.39, 0.29) is 29.8 Å². The van der Waals surface area contributed by atoms with Gasteiger partial charge in [0.1, 0.15) is 11.4 Å². The molecule has 2 rings (SSSR count). The fraction of sp³-hybridized carbons (Fsp3) is 0.312. The van der Waals surface area contributed by atoms with Crippen LogP contribution in [-0.4, -0.2) is 21.7 Å². The molecule has 6 nitrogen and oxygen atoms in total. The smallest absolute Gasteiger partial charge is 0.345 e. The zero-order valence-corrected chi connectivity index (χ0v) is 13.1. The molecule has 7 heteroatoms. The van der Waals surface area contributed by atoms with Gasteiger partial charge in [-0.2, -0.15) is 0 Å². The van der Waals surface area contributed by atoms with Gasteiger partial charge in [0, 0.05) is 26.2 Å². The van der Waals surface area contributed by atoms with E-state index in [1.165, 1.54) is 36.9 Å². The minimum Gasteiger partial charge on any atom is -0.462 e. The van der Waals surface area contributed by atoms with Crippen molar-refractivity contribution in [2.45, 2.75) is 13.3 Å². The van der Waals surface area contributed by atoms with E-state index in [0.717, 1.165) is 4.57 Å². The number of benzene rings is 1. The van der Waals surface area contributed by atoms with E-state index in [2.05, 4.69) is 0 Å². The molecule has 0 spiro atoms. The molecule has 0 amide bonds. The molecule has 0 unspecified atom stereocenters. The first kappa shape index (κ1) is 16.7. The van der Waals surface area contributed by atoms with E-state index in [9.17, 15) is 18.8 Å². The van der Waals surface area contributed by atoms with Crippen LogP contribution in [0.2, 0.25) is 0 Å². The van der Waals surface area contributed by atoms with Crippen LogP contribution in [0.5, 0.6) is 0 Å². The van der Waals surface area contributed by atoms with Gasteiger partial charge in [-0.1, -0.05) is 18.2 Å². The van der Waals surface area contributed by atoms with Gasteiger partial charge >= 0.3 is 11.7 Å². The van der Waals surface area contributed by atoms with E-state index in [0.29, 0.717) is 0 Å². The molecule has 0 N–H and O–H groups in total. The van der Waals surface area contributed by atoms with Gasteiger partial charge in [0.05, 0.1) is 6.61 Å². The molecule has 0 fully saturated rings. The lowest BCUT2D eigenvalue weighted by Crippen LogP contribution is -2.42. The average molecular weight is 320 g/mol. The van der Waals surface area contributed by atoms with Crippen molar-refractivity contribution in [3.8, 4) is 0 Å². The van der Waals surface area contributed by atoms with Crippen molar-refractivity contribution in [2.24, 2.45) is 14.1 Å². The van der Waals surface area contributed by atoms with Crippen LogP contribution in [0.15, 0.2) is 33.9 Å². The molecule has 0 bridgehead atoms. The normalized spacial score (nSPS) is 10.6. The molecular formula is C16H17FN2O4. The van der Waals surface area contributed by atoms with Crippen molar-refractivity contribution in [1.29, 1.82) is 0 Å². The van der Waals surface area contributed by atoms with Gasteiger partial charge in [-0.3, -0.25) is 13.9 Å². The summed E-state index contributed by atoms with van der Waals surface area (Å²) in [6.45, 7) is 1.70. The number of hydrogen-bond donors (Lipinski definition) is 0. The Labute approximate surface area is 131 Å². The lowest BCUT2D eigenvalue weighted by molar-refractivity contribution is 0.0520. The van der Waals surface area contributed by atoms with Crippen LogP contribution in [0.3, 0.4) is 0 Å². The number of halogens is 1. The lowest BCUT2D eigenvalue weighted by atomic mass is 10.0. The first-order valence-electron chi connectivity index (χ1n) is 7.07. The summed E-state index contributed by atoms with van der Waals surface area (Å²) in [5.74, 6) is -1.30. The third-order valence-electron chi connectivity index (χ3n) is 3.58. The molecule has 0 saturated heterocycles. The molecule has 0 radical (unpaired) electrons. The number of carbonyl (C=O) groups excluding carboxylic acids is 1. The maximum Gasteiger partial charge on any atom is 0.345 e. The minimum absolute atomic E-state index is 0.0668. The number of carbonyl (C=O) groups is 1. The number of hydrogen-bond acceptors (Lipinski definition) is 4. The molecule has 1 aromatic carbocycles. The van der Waals surface area contributed by atoms with E-state index >= 15 is 0 Å². The van der Waals surface area contributed by atoms with Gasteiger partial charge < -0.3 is 4.74 Å². The lowest BCUT2D eigenvalue weighted by Gasteiger charge is -2.14. The van der Waals surface area contributed by atoms with Crippen molar-refractivity contribution in [3.63, 3.8) is 0 Å². The third-order valence-corrected chi connectivity index (χ3v) is 3.58. The van der Waals surface area contributed by atoms with Gasteiger partial charge in [-0.15, -0.1) is 0 Å². The molecule has 1 aromatic heterocycles. The number of ether oxygens (including phenoxy) is 1. The van der Waals surface area contributed by atoms with Gasteiger partial charge in [-0.25, -0.2) is 14.0 Å². The molecular weight excluding hydrogens is 303 g/mol. The van der Waals surface area contributed by atoms with E-state index < -0.39 is 23.0 Å². The van der Waals surface area contributed by atoms with Crippen LogP contribution < -0.4 is 11.2 Å². The molecule has 1 heterocycles.